The Bertz CT molecular complexity index is 6200. The van der Waals surface area contributed by atoms with Crippen LogP contribution in [0.3, 0.4) is 0 Å². The van der Waals surface area contributed by atoms with E-state index in [2.05, 4.69) is 110 Å². The van der Waals surface area contributed by atoms with E-state index < -0.39 is 11.7 Å². The fourth-order valence-corrected chi connectivity index (χ4v) is 15.0. The first-order chi connectivity index (χ1) is 69.8. The van der Waals surface area contributed by atoms with E-state index in [4.69, 9.17) is 28.4 Å². The third-order valence-electron chi connectivity index (χ3n) is 23.6. The number of carbonyl (C=O) groups excluding carboxylic acids is 6. The molecule has 7 aromatic carbocycles. The molecule has 6 aromatic heterocycles. The smallest absolute Gasteiger partial charge is 0.257 e. The zero-order valence-electron chi connectivity index (χ0n) is 83.6. The lowest BCUT2D eigenvalue weighted by Crippen LogP contribution is -2.38. The Morgan fingerprint density at radius 3 is 0.903 bits per heavy atom. The minimum atomic E-state index is -0.499. The van der Waals surface area contributed by atoms with Crippen molar-refractivity contribution in [3.05, 3.63) is 387 Å². The summed E-state index contributed by atoms with van der Waals surface area (Å²) in [4.78, 5) is 97.8. The maximum Gasteiger partial charge on any atom is 0.257 e. The lowest BCUT2D eigenvalue weighted by molar-refractivity contribution is 0.0912. The van der Waals surface area contributed by atoms with Gasteiger partial charge in [-0.3, -0.25) is 28.8 Å². The minimum Gasteiger partial charge on any atom is -0.473 e. The summed E-state index contributed by atoms with van der Waals surface area (Å²) >= 11 is 0. The molecule has 0 unspecified atom stereocenters. The molecule has 3 saturated carbocycles. The molecular weight excluding hydrogens is 1850 g/mol. The molecular formula is C116H129F5N12O12. The monoisotopic (exact) mass is 1980 g/mol. The maximum atomic E-state index is 13.8. The van der Waals surface area contributed by atoms with E-state index in [1.165, 1.54) is 162 Å². The molecule has 6 heterocycles. The van der Waals surface area contributed by atoms with E-state index in [1.807, 2.05) is 67.6 Å². The van der Waals surface area contributed by atoms with Gasteiger partial charge in [0.05, 0.1) is 39.1 Å². The number of nitrogens with zero attached hydrogens (tertiary/aromatic N) is 6. The van der Waals surface area contributed by atoms with Gasteiger partial charge in [-0.25, -0.2) is 51.9 Å². The van der Waals surface area contributed by atoms with Gasteiger partial charge in [-0.2, -0.15) is 0 Å². The number of amides is 6. The molecule has 29 heteroatoms. The van der Waals surface area contributed by atoms with Crippen LogP contribution in [0.15, 0.2) is 286 Å². The van der Waals surface area contributed by atoms with Crippen molar-refractivity contribution in [1.82, 2.24) is 56.5 Å². The lowest BCUT2D eigenvalue weighted by Gasteiger charge is -2.28. The van der Waals surface area contributed by atoms with Gasteiger partial charge in [-0.15, -0.1) is 0 Å². The molecule has 0 radical (unpaired) electrons. The SMILES string of the molecule is CC(C)(C)CCNC(=O)c1ccc(OCc2cccc(F)c2)nc1.CC(C)(C)CCNC(=O)c1ccc(OCc2ccccc2)nc1.C[C@@H](NC(=O)c1ccc(OCc2cccc(F)c2)nc1)C1CC1.C[C@@H](NC(=O)c1ccc(OCc2ccccc2)nc1)C1CCCCC1.Cc1ccc(NC(=O)c2ccc(OCc3cccc(F)c3)nc2)c(F)c1.O=C(NC1CCCCC1)c1ccc(OCc2cccc(F)c2)nc1. The van der Waals surface area contributed by atoms with Crippen LogP contribution in [0.5, 0.6) is 35.3 Å². The molecule has 145 heavy (non-hydrogen) atoms. The number of benzene rings is 7. The van der Waals surface area contributed by atoms with Crippen molar-refractivity contribution in [1.29, 1.82) is 0 Å². The molecule has 0 saturated heterocycles. The van der Waals surface area contributed by atoms with E-state index in [0.717, 1.165) is 59.1 Å². The summed E-state index contributed by atoms with van der Waals surface area (Å²) in [6.45, 7) is 21.8. The van der Waals surface area contributed by atoms with E-state index in [0.29, 0.717) is 107 Å². The second kappa shape index (κ2) is 57.1. The van der Waals surface area contributed by atoms with Gasteiger partial charge in [0.15, 0.2) is 0 Å². The molecule has 13 aromatic rings. The van der Waals surface area contributed by atoms with E-state index >= 15 is 0 Å². The van der Waals surface area contributed by atoms with Crippen molar-refractivity contribution >= 4 is 41.1 Å². The summed E-state index contributed by atoms with van der Waals surface area (Å²) in [5.41, 5.74) is 9.20. The molecule has 3 aliphatic rings. The van der Waals surface area contributed by atoms with Crippen molar-refractivity contribution in [3.8, 4) is 35.3 Å². The molecule has 760 valence electrons. The maximum absolute atomic E-state index is 13.8. The van der Waals surface area contributed by atoms with Crippen LogP contribution in [0.1, 0.15) is 246 Å². The van der Waals surface area contributed by atoms with Gasteiger partial charge in [0, 0.05) is 105 Å². The Balaban J connectivity index is 0.000000166. The Kier molecular flexibility index (Phi) is 43.4. The molecule has 16 rings (SSSR count). The summed E-state index contributed by atoms with van der Waals surface area (Å²) in [5.74, 6) is 1.04. The quantitative estimate of drug-likeness (QED) is 0.0204. The van der Waals surface area contributed by atoms with E-state index in [9.17, 15) is 50.7 Å². The number of pyridine rings is 6. The number of rotatable bonds is 34. The summed E-state index contributed by atoms with van der Waals surface area (Å²) < 4.78 is 99.5. The molecule has 2 atom stereocenters. The van der Waals surface area contributed by atoms with Crippen molar-refractivity contribution in [2.75, 3.05) is 18.4 Å². The van der Waals surface area contributed by atoms with Crippen molar-refractivity contribution in [2.45, 2.75) is 210 Å². The molecule has 0 spiro atoms. The summed E-state index contributed by atoms with van der Waals surface area (Å²) in [6.07, 6.45) is 25.2. The topological polar surface area (TPSA) is 307 Å². The van der Waals surface area contributed by atoms with Crippen LogP contribution >= 0.6 is 0 Å². The third kappa shape index (κ3) is 40.9. The first-order valence-electron chi connectivity index (χ1n) is 49.0. The fraction of sp³-hybridized carbons (Fsp3) is 0.328. The lowest BCUT2D eigenvalue weighted by atomic mass is 9.84. The number of aryl methyl sites for hydroxylation is 1. The third-order valence-corrected chi connectivity index (χ3v) is 23.6. The van der Waals surface area contributed by atoms with E-state index in [-0.39, 0.29) is 119 Å². The number of anilines is 1. The van der Waals surface area contributed by atoms with Crippen molar-refractivity contribution in [2.24, 2.45) is 22.7 Å². The standard InChI is InChI=1S/C21H26N2O2.C20H16F2N2O2.C19H21FN2O2.C19H23FN2O2.C19H24N2O2.C18H19FN2O2/c1-16(18-10-6-3-7-11-18)23-21(24)19-12-13-20(22-14-19)25-15-17-8-4-2-5-9-17;1-13-5-7-18(17(22)9-13)24-20(25)15-6-8-19(23-11-15)26-12-14-3-2-4-16(21)10-14;20-16-6-4-5-14(11-16)13-24-18-10-9-15(12-21-18)19(23)22-17-7-2-1-3-8-17;1-19(2,3)9-10-21-18(23)15-7-8-17(22-12-15)24-13-14-5-4-6-16(20)11-14;1-19(2,3)11-12-20-18(22)16-9-10-17(21-13-16)23-14-15-7-5-4-6-8-15;1-12(14-5-6-14)21-18(22)15-7-8-17(20-10-15)23-11-13-3-2-4-16(19)9-13/h2,4-5,8-9,12-14,16,18H,3,6-7,10-11,15H2,1H3,(H,23,24);2-11H,12H2,1H3,(H,24,25);4-6,9-12,17H,1-3,7-8,13H2,(H,22,23);4-8,11-12H,9-10,13H2,1-3H3,(H,21,23);4-10,13H,11-12,14H2,1-3H3,(H,20,22);2-4,7-10,12,14H,5-6,11H2,1H3,(H,21,22)/t16-;;;;;12-/m1....1/s1. The molecule has 6 amide bonds. The summed E-state index contributed by atoms with van der Waals surface area (Å²) in [5, 5.41) is 17.5. The Labute approximate surface area is 845 Å². The predicted molar refractivity (Wildman–Crippen MR) is 549 cm³/mol. The first-order valence-corrected chi connectivity index (χ1v) is 49.0. The summed E-state index contributed by atoms with van der Waals surface area (Å²) in [6, 6.07) is 69.9. The van der Waals surface area contributed by atoms with Gasteiger partial charge in [0.25, 0.3) is 35.4 Å². The molecule has 0 aliphatic heterocycles. The average Bonchev–Trinajstić information content (AvgIpc) is 1.49. The Morgan fingerprint density at radius 1 is 0.317 bits per heavy atom. The summed E-state index contributed by atoms with van der Waals surface area (Å²) in [7, 11) is 0. The second-order valence-electron chi connectivity index (χ2n) is 38.2. The number of nitrogens with one attached hydrogen (secondary N) is 6. The normalized spacial score (nSPS) is 13.1. The van der Waals surface area contributed by atoms with Crippen LogP contribution in [0, 0.1) is 58.7 Å². The van der Waals surface area contributed by atoms with Gasteiger partial charge < -0.3 is 60.3 Å². The molecule has 6 N–H and O–H groups in total. The highest BCUT2D eigenvalue weighted by Crippen LogP contribution is 2.33. The number of hydrogen-bond donors (Lipinski definition) is 6. The van der Waals surface area contributed by atoms with Gasteiger partial charge in [0.1, 0.15) is 68.7 Å². The number of ether oxygens (including phenoxy) is 6. The van der Waals surface area contributed by atoms with Crippen LogP contribution in [0.25, 0.3) is 0 Å². The van der Waals surface area contributed by atoms with Crippen molar-refractivity contribution in [3.63, 3.8) is 0 Å². The zero-order chi connectivity index (χ0) is 103. The number of halogens is 5. The van der Waals surface area contributed by atoms with Crippen LogP contribution in [0.2, 0.25) is 0 Å². The highest BCUT2D eigenvalue weighted by molar-refractivity contribution is 6.04. The fourth-order valence-electron chi connectivity index (χ4n) is 15.0. The zero-order valence-corrected chi connectivity index (χ0v) is 83.6. The number of hydrogen-bond acceptors (Lipinski definition) is 18. The highest BCUT2D eigenvalue weighted by atomic mass is 19.1. The second-order valence-corrected chi connectivity index (χ2v) is 38.2. The van der Waals surface area contributed by atoms with Gasteiger partial charge in [-0.1, -0.05) is 195 Å². The van der Waals surface area contributed by atoms with Crippen LogP contribution < -0.4 is 60.3 Å². The highest BCUT2D eigenvalue weighted by Gasteiger charge is 2.30. The van der Waals surface area contributed by atoms with Gasteiger partial charge >= 0.3 is 0 Å². The molecule has 0 bridgehead atoms. The van der Waals surface area contributed by atoms with Gasteiger partial charge in [0.2, 0.25) is 35.3 Å². The average molecular weight is 1980 g/mol. The largest absolute Gasteiger partial charge is 0.473 e. The number of carbonyl (C=O) groups is 6. The van der Waals surface area contributed by atoms with Crippen LogP contribution in [-0.4, -0.2) is 96.6 Å². The van der Waals surface area contributed by atoms with Crippen molar-refractivity contribution < 1.29 is 79.1 Å². The van der Waals surface area contributed by atoms with Gasteiger partial charge in [-0.05, 0) is 231 Å². The first kappa shape index (κ1) is 110. The predicted octanol–water partition coefficient (Wildman–Crippen LogP) is 23.8. The van der Waals surface area contributed by atoms with Crippen LogP contribution in [-0.2, 0) is 39.6 Å². The number of aromatic nitrogens is 6. The molecule has 24 nitrogen and oxygen atoms in total. The van der Waals surface area contributed by atoms with E-state index in [1.54, 1.807) is 135 Å². The molecule has 3 aliphatic carbocycles. The molecule has 3 fully saturated rings. The Hall–Kier alpha value is -15.3. The minimum absolute atomic E-state index is 0.0554. The Morgan fingerprint density at radius 2 is 0.607 bits per heavy atom. The van der Waals surface area contributed by atoms with Crippen LogP contribution in [0.4, 0.5) is 27.6 Å².